The van der Waals surface area contributed by atoms with Crippen molar-refractivity contribution in [3.63, 3.8) is 0 Å². The van der Waals surface area contributed by atoms with Gasteiger partial charge in [0, 0.05) is 13.7 Å². The molecule has 0 bridgehead atoms. The van der Waals surface area contributed by atoms with Crippen LogP contribution in [0.1, 0.15) is 13.3 Å². The summed E-state index contributed by atoms with van der Waals surface area (Å²) < 4.78 is 4.88. The van der Waals surface area contributed by atoms with Gasteiger partial charge in [0.05, 0.1) is 0 Å². The second-order valence-corrected chi connectivity index (χ2v) is 2.43. The Morgan fingerprint density at radius 1 is 1.62 bits per heavy atom. The van der Waals surface area contributed by atoms with Gasteiger partial charge in [-0.15, -0.1) is 0 Å². The second-order valence-electron chi connectivity index (χ2n) is 2.07. The molecule has 0 fully saturated rings. The van der Waals surface area contributed by atoms with Gasteiger partial charge in [0.15, 0.2) is 0 Å². The van der Waals surface area contributed by atoms with Crippen molar-refractivity contribution in [3.8, 4) is 0 Å². The monoisotopic (exact) mass is 134 g/mol. The summed E-state index contributed by atoms with van der Waals surface area (Å²) >= 11 is 4.13. The first kappa shape index (κ1) is 8.31. The lowest BCUT2D eigenvalue weighted by molar-refractivity contribution is 0.183. The van der Waals surface area contributed by atoms with Crippen molar-refractivity contribution in [2.24, 2.45) is 5.92 Å². The van der Waals surface area contributed by atoms with Crippen molar-refractivity contribution < 1.29 is 4.74 Å². The largest absolute Gasteiger partial charge is 0.385 e. The Balaban J connectivity index is 2.86. The van der Waals surface area contributed by atoms with Crippen LogP contribution in [0, 0.1) is 5.92 Å². The van der Waals surface area contributed by atoms with Crippen LogP contribution in [0.2, 0.25) is 0 Å². The topological polar surface area (TPSA) is 9.23 Å². The van der Waals surface area contributed by atoms with E-state index in [1.807, 2.05) is 0 Å². The molecule has 2 heteroatoms. The van der Waals surface area contributed by atoms with Crippen LogP contribution in [-0.4, -0.2) is 19.5 Å². The van der Waals surface area contributed by atoms with Gasteiger partial charge in [-0.2, -0.15) is 12.6 Å². The number of rotatable bonds is 4. The summed E-state index contributed by atoms with van der Waals surface area (Å²) in [7, 11) is 1.73. The Morgan fingerprint density at radius 3 is 2.62 bits per heavy atom. The fourth-order valence-corrected chi connectivity index (χ4v) is 0.593. The van der Waals surface area contributed by atoms with Crippen molar-refractivity contribution in [2.75, 3.05) is 19.5 Å². The van der Waals surface area contributed by atoms with Gasteiger partial charge in [0.2, 0.25) is 0 Å². The van der Waals surface area contributed by atoms with Crippen LogP contribution < -0.4 is 0 Å². The molecular weight excluding hydrogens is 120 g/mol. The smallest absolute Gasteiger partial charge is 0.0465 e. The fraction of sp³-hybridized carbons (Fsp3) is 1.00. The summed E-state index contributed by atoms with van der Waals surface area (Å²) in [6.07, 6.45) is 1.12. The highest BCUT2D eigenvalue weighted by Gasteiger charge is 1.95. The molecule has 0 aliphatic rings. The van der Waals surface area contributed by atoms with Crippen LogP contribution in [0.25, 0.3) is 0 Å². The van der Waals surface area contributed by atoms with E-state index in [-0.39, 0.29) is 0 Å². The van der Waals surface area contributed by atoms with Crippen molar-refractivity contribution >= 4 is 12.6 Å². The lowest BCUT2D eigenvalue weighted by atomic mass is 10.1. The van der Waals surface area contributed by atoms with E-state index in [9.17, 15) is 0 Å². The van der Waals surface area contributed by atoms with E-state index in [1.54, 1.807) is 7.11 Å². The first-order valence-electron chi connectivity index (χ1n) is 2.91. The normalized spacial score (nSPS) is 13.9. The number of thiol groups is 1. The van der Waals surface area contributed by atoms with Gasteiger partial charge in [0.25, 0.3) is 0 Å². The standard InChI is InChI=1S/C6H14OS/c1-6(5-8)3-4-7-2/h6,8H,3-5H2,1-2H3. The molecule has 50 valence electrons. The van der Waals surface area contributed by atoms with Gasteiger partial charge in [-0.05, 0) is 18.1 Å². The molecule has 0 aromatic carbocycles. The summed E-state index contributed by atoms with van der Waals surface area (Å²) in [5.74, 6) is 1.65. The van der Waals surface area contributed by atoms with Gasteiger partial charge in [-0.3, -0.25) is 0 Å². The molecule has 0 heterocycles. The number of ether oxygens (including phenoxy) is 1. The number of hydrogen-bond acceptors (Lipinski definition) is 2. The number of methoxy groups -OCH3 is 1. The highest BCUT2D eigenvalue weighted by Crippen LogP contribution is 2.02. The third-order valence-corrected chi connectivity index (χ3v) is 1.75. The minimum atomic E-state index is 0.693. The first-order chi connectivity index (χ1) is 3.81. The lowest BCUT2D eigenvalue weighted by Gasteiger charge is -2.04. The van der Waals surface area contributed by atoms with Crippen LogP contribution in [0.4, 0.5) is 0 Å². The highest BCUT2D eigenvalue weighted by molar-refractivity contribution is 7.80. The van der Waals surface area contributed by atoms with Crippen LogP contribution in [0.15, 0.2) is 0 Å². The average Bonchev–Trinajstić information content (AvgIpc) is 1.83. The van der Waals surface area contributed by atoms with Crippen molar-refractivity contribution in [1.82, 2.24) is 0 Å². The first-order valence-corrected chi connectivity index (χ1v) is 3.54. The summed E-state index contributed by atoms with van der Waals surface area (Å²) in [6, 6.07) is 0. The van der Waals surface area contributed by atoms with Gasteiger partial charge < -0.3 is 4.74 Å². The van der Waals surface area contributed by atoms with E-state index >= 15 is 0 Å². The summed E-state index contributed by atoms with van der Waals surface area (Å²) in [6.45, 7) is 3.04. The fourth-order valence-electron chi connectivity index (χ4n) is 0.410. The van der Waals surface area contributed by atoms with E-state index in [4.69, 9.17) is 4.74 Å². The second kappa shape index (κ2) is 5.45. The molecule has 0 N–H and O–H groups in total. The van der Waals surface area contributed by atoms with Gasteiger partial charge in [-0.1, -0.05) is 6.92 Å². The Kier molecular flexibility index (Phi) is 5.66. The minimum absolute atomic E-state index is 0.693. The third kappa shape index (κ3) is 4.47. The molecule has 0 spiro atoms. The Hall–Kier alpha value is 0.310. The Bertz CT molecular complexity index is 47.8. The summed E-state index contributed by atoms with van der Waals surface area (Å²) in [5, 5.41) is 0. The van der Waals surface area contributed by atoms with Gasteiger partial charge in [-0.25, -0.2) is 0 Å². The summed E-state index contributed by atoms with van der Waals surface area (Å²) in [4.78, 5) is 0. The molecule has 0 aliphatic heterocycles. The zero-order valence-electron chi connectivity index (χ0n) is 5.55. The van der Waals surface area contributed by atoms with Crippen molar-refractivity contribution in [3.05, 3.63) is 0 Å². The average molecular weight is 134 g/mol. The van der Waals surface area contributed by atoms with Gasteiger partial charge >= 0.3 is 0 Å². The molecule has 1 atom stereocenters. The molecule has 0 saturated carbocycles. The van der Waals surface area contributed by atoms with E-state index in [0.717, 1.165) is 18.8 Å². The molecule has 0 radical (unpaired) electrons. The maximum Gasteiger partial charge on any atom is 0.0465 e. The highest BCUT2D eigenvalue weighted by atomic mass is 32.1. The zero-order valence-corrected chi connectivity index (χ0v) is 6.45. The Morgan fingerprint density at radius 2 is 2.25 bits per heavy atom. The maximum absolute atomic E-state index is 4.88. The third-order valence-electron chi connectivity index (χ3n) is 1.13. The molecule has 0 saturated heterocycles. The predicted molar refractivity (Wildman–Crippen MR) is 39.5 cm³/mol. The SMILES string of the molecule is COCCC(C)CS. The van der Waals surface area contributed by atoms with E-state index in [0.29, 0.717) is 5.92 Å². The van der Waals surface area contributed by atoms with Gasteiger partial charge in [0.1, 0.15) is 0 Å². The molecular formula is C6H14OS. The molecule has 0 rings (SSSR count). The van der Waals surface area contributed by atoms with Crippen LogP contribution in [-0.2, 0) is 4.74 Å². The molecule has 0 aliphatic carbocycles. The Labute approximate surface area is 56.8 Å². The predicted octanol–water partition coefficient (Wildman–Crippen LogP) is 1.59. The maximum atomic E-state index is 4.88. The van der Waals surface area contributed by atoms with E-state index in [2.05, 4.69) is 19.6 Å². The number of hydrogen-bond donors (Lipinski definition) is 1. The van der Waals surface area contributed by atoms with Crippen LogP contribution >= 0.6 is 12.6 Å². The summed E-state index contributed by atoms with van der Waals surface area (Å²) in [5.41, 5.74) is 0. The molecule has 1 unspecified atom stereocenters. The molecule has 1 nitrogen and oxygen atoms in total. The molecule has 0 amide bonds. The molecule has 0 aromatic rings. The van der Waals surface area contributed by atoms with E-state index in [1.165, 1.54) is 0 Å². The zero-order chi connectivity index (χ0) is 6.41. The van der Waals surface area contributed by atoms with Crippen molar-refractivity contribution in [1.29, 1.82) is 0 Å². The quantitative estimate of drug-likeness (QED) is 0.574. The van der Waals surface area contributed by atoms with Crippen molar-refractivity contribution in [2.45, 2.75) is 13.3 Å². The lowest BCUT2D eigenvalue weighted by Crippen LogP contribution is -2.00. The molecule has 0 aromatic heterocycles. The minimum Gasteiger partial charge on any atom is -0.385 e. The van der Waals surface area contributed by atoms with Crippen LogP contribution in [0.3, 0.4) is 0 Å². The van der Waals surface area contributed by atoms with Crippen LogP contribution in [0.5, 0.6) is 0 Å². The van der Waals surface area contributed by atoms with E-state index < -0.39 is 0 Å². The molecule has 8 heavy (non-hydrogen) atoms.